The number of rotatable bonds is 12. The summed E-state index contributed by atoms with van der Waals surface area (Å²) in [5.41, 5.74) is 3.78. The van der Waals surface area contributed by atoms with Crippen LogP contribution in [-0.4, -0.2) is 63.0 Å². The van der Waals surface area contributed by atoms with Gasteiger partial charge >= 0.3 is 0 Å². The highest BCUT2D eigenvalue weighted by Gasteiger charge is 2.31. The van der Waals surface area contributed by atoms with E-state index in [4.69, 9.17) is 14.7 Å². The number of thioether (sulfide) groups is 1. The van der Waals surface area contributed by atoms with Crippen LogP contribution in [0.3, 0.4) is 0 Å². The van der Waals surface area contributed by atoms with Crippen molar-refractivity contribution in [1.29, 1.82) is 0 Å². The third kappa shape index (κ3) is 6.70. The molecule has 1 fully saturated rings. The SMILES string of the molecule is CCSc1ccc(CN/C(C=O)=N/c2c(OC)nc(-c3c(C)ncnc3C3CC3)nc2N(C)[C@H](C)CC)nc1. The Kier molecular flexibility index (Phi) is 9.45. The van der Waals surface area contributed by atoms with Gasteiger partial charge in [-0.2, -0.15) is 4.98 Å². The summed E-state index contributed by atoms with van der Waals surface area (Å²) in [6.45, 7) is 8.61. The number of nitrogens with zero attached hydrogens (tertiary/aromatic N) is 7. The standard InChI is InChI=1S/C28H36N8O2S/c1-7-17(3)36(5)27-25(33-22(15-37)30-13-20-11-12-21(14-29-20)39-8-2)28(38-6)35-26(34-27)23-18(4)31-16-32-24(23)19-9-10-19/h11-12,14-17,19H,7-10,13H2,1-6H3,(H,30,33)/t17-/m1/s1. The van der Waals surface area contributed by atoms with Crippen molar-refractivity contribution in [3.8, 4) is 17.3 Å². The highest BCUT2D eigenvalue weighted by atomic mass is 32.2. The Balaban J connectivity index is 1.75. The number of ether oxygens (including phenoxy) is 1. The predicted molar refractivity (Wildman–Crippen MR) is 155 cm³/mol. The summed E-state index contributed by atoms with van der Waals surface area (Å²) in [5, 5.41) is 3.10. The van der Waals surface area contributed by atoms with Crippen LogP contribution in [0.15, 0.2) is 34.5 Å². The lowest BCUT2D eigenvalue weighted by Crippen LogP contribution is -2.30. The lowest BCUT2D eigenvalue weighted by Gasteiger charge is -2.27. The molecule has 0 aliphatic heterocycles. The molecule has 0 saturated heterocycles. The summed E-state index contributed by atoms with van der Waals surface area (Å²) in [7, 11) is 3.50. The van der Waals surface area contributed by atoms with E-state index in [1.807, 2.05) is 37.2 Å². The molecule has 1 saturated carbocycles. The van der Waals surface area contributed by atoms with E-state index in [0.29, 0.717) is 36.1 Å². The van der Waals surface area contributed by atoms with Gasteiger partial charge in [-0.25, -0.2) is 19.9 Å². The third-order valence-electron chi connectivity index (χ3n) is 6.77. The Labute approximate surface area is 234 Å². The number of aryl methyl sites for hydroxylation is 1. The highest BCUT2D eigenvalue weighted by Crippen LogP contribution is 2.45. The van der Waals surface area contributed by atoms with Crippen LogP contribution in [0.4, 0.5) is 11.5 Å². The van der Waals surface area contributed by atoms with Gasteiger partial charge in [0.1, 0.15) is 6.33 Å². The van der Waals surface area contributed by atoms with Crippen molar-refractivity contribution < 1.29 is 9.53 Å². The summed E-state index contributed by atoms with van der Waals surface area (Å²) in [4.78, 5) is 43.1. The minimum absolute atomic E-state index is 0.134. The van der Waals surface area contributed by atoms with Gasteiger partial charge in [-0.15, -0.1) is 11.8 Å². The summed E-state index contributed by atoms with van der Waals surface area (Å²) >= 11 is 1.73. The van der Waals surface area contributed by atoms with Gasteiger partial charge in [0.15, 0.2) is 29.5 Å². The fourth-order valence-corrected chi connectivity index (χ4v) is 4.74. The zero-order valence-corrected chi connectivity index (χ0v) is 24.2. The molecule has 1 N–H and O–H groups in total. The van der Waals surface area contributed by atoms with Crippen LogP contribution in [0.25, 0.3) is 11.4 Å². The first-order valence-electron chi connectivity index (χ1n) is 13.3. The highest BCUT2D eigenvalue weighted by molar-refractivity contribution is 7.99. The number of anilines is 1. The third-order valence-corrected chi connectivity index (χ3v) is 7.63. The average Bonchev–Trinajstić information content (AvgIpc) is 3.80. The second-order valence-electron chi connectivity index (χ2n) is 9.48. The second kappa shape index (κ2) is 13.0. The molecule has 0 aromatic carbocycles. The number of hydrogen-bond donors (Lipinski definition) is 1. The Morgan fingerprint density at radius 1 is 1.26 bits per heavy atom. The molecule has 0 bridgehead atoms. The van der Waals surface area contributed by atoms with Gasteiger partial charge in [0.2, 0.25) is 5.88 Å². The number of hydrogen-bond acceptors (Lipinski definition) is 10. The molecule has 0 amide bonds. The van der Waals surface area contributed by atoms with Crippen molar-refractivity contribution in [2.75, 3.05) is 24.8 Å². The summed E-state index contributed by atoms with van der Waals surface area (Å²) in [5.74, 6) is 2.84. The molecule has 0 spiro atoms. The number of methoxy groups -OCH3 is 1. The zero-order valence-electron chi connectivity index (χ0n) is 23.4. The lowest BCUT2D eigenvalue weighted by atomic mass is 10.1. The molecule has 3 aromatic rings. The minimum Gasteiger partial charge on any atom is -0.479 e. The Bertz CT molecular complexity index is 1330. The smallest absolute Gasteiger partial charge is 0.245 e. The van der Waals surface area contributed by atoms with Crippen LogP contribution in [0.2, 0.25) is 0 Å². The number of aldehydes is 1. The van der Waals surface area contributed by atoms with Gasteiger partial charge in [-0.3, -0.25) is 9.78 Å². The van der Waals surface area contributed by atoms with Gasteiger partial charge in [0, 0.05) is 30.1 Å². The molecule has 1 atom stereocenters. The van der Waals surface area contributed by atoms with E-state index in [0.717, 1.165) is 52.6 Å². The monoisotopic (exact) mass is 548 g/mol. The second-order valence-corrected chi connectivity index (χ2v) is 10.8. The van der Waals surface area contributed by atoms with Crippen LogP contribution in [0, 0.1) is 6.92 Å². The van der Waals surface area contributed by atoms with Gasteiger partial charge in [0.05, 0.1) is 36.3 Å². The molecule has 4 rings (SSSR count). The van der Waals surface area contributed by atoms with Crippen molar-refractivity contribution in [3.63, 3.8) is 0 Å². The molecule has 3 aromatic heterocycles. The fraction of sp³-hybridized carbons (Fsp3) is 0.464. The van der Waals surface area contributed by atoms with Crippen LogP contribution in [-0.2, 0) is 11.3 Å². The normalized spacial score (nSPS) is 14.2. The summed E-state index contributed by atoms with van der Waals surface area (Å²) in [6, 6.07) is 4.12. The predicted octanol–water partition coefficient (Wildman–Crippen LogP) is 4.89. The van der Waals surface area contributed by atoms with Crippen LogP contribution >= 0.6 is 11.8 Å². The molecule has 11 heteroatoms. The van der Waals surface area contributed by atoms with Crippen molar-refractivity contribution in [2.24, 2.45) is 4.99 Å². The molecule has 206 valence electrons. The average molecular weight is 549 g/mol. The zero-order chi connectivity index (χ0) is 27.9. The van der Waals surface area contributed by atoms with E-state index in [-0.39, 0.29) is 17.8 Å². The molecule has 39 heavy (non-hydrogen) atoms. The first-order valence-corrected chi connectivity index (χ1v) is 14.2. The maximum atomic E-state index is 12.1. The van der Waals surface area contributed by atoms with Crippen molar-refractivity contribution >= 4 is 35.4 Å². The molecule has 3 heterocycles. The number of nitrogens with one attached hydrogen (secondary N) is 1. The summed E-state index contributed by atoms with van der Waals surface area (Å²) < 4.78 is 5.73. The number of aliphatic imine (C=N–C) groups is 1. The van der Waals surface area contributed by atoms with E-state index < -0.39 is 0 Å². The number of pyridine rings is 1. The van der Waals surface area contributed by atoms with E-state index in [9.17, 15) is 4.79 Å². The van der Waals surface area contributed by atoms with E-state index >= 15 is 0 Å². The van der Waals surface area contributed by atoms with E-state index in [2.05, 4.69) is 46.0 Å². The van der Waals surface area contributed by atoms with Crippen molar-refractivity contribution in [2.45, 2.75) is 70.4 Å². The lowest BCUT2D eigenvalue weighted by molar-refractivity contribution is -0.102. The van der Waals surface area contributed by atoms with Crippen LogP contribution < -0.4 is 15.0 Å². The number of carbonyl (C=O) groups is 1. The Morgan fingerprint density at radius 3 is 2.67 bits per heavy atom. The van der Waals surface area contributed by atoms with Gasteiger partial charge < -0.3 is 15.0 Å². The fourth-order valence-electron chi connectivity index (χ4n) is 4.11. The molecular weight excluding hydrogens is 512 g/mol. The molecule has 0 radical (unpaired) electrons. The number of amidine groups is 1. The molecule has 10 nitrogen and oxygen atoms in total. The van der Waals surface area contributed by atoms with Gasteiger partial charge in [0.25, 0.3) is 0 Å². The largest absolute Gasteiger partial charge is 0.479 e. The number of aromatic nitrogens is 5. The first kappa shape index (κ1) is 28.4. The molecule has 1 aliphatic carbocycles. The molecule has 0 unspecified atom stereocenters. The van der Waals surface area contributed by atoms with E-state index in [1.54, 1.807) is 25.2 Å². The Morgan fingerprint density at radius 2 is 2.05 bits per heavy atom. The maximum absolute atomic E-state index is 12.1. The van der Waals surface area contributed by atoms with Crippen LogP contribution in [0.1, 0.15) is 63.0 Å². The quantitative estimate of drug-likeness (QED) is 0.145. The van der Waals surface area contributed by atoms with Gasteiger partial charge in [-0.1, -0.05) is 13.8 Å². The number of carbonyl (C=O) groups excluding carboxylic acids is 1. The molecular formula is C28H36N8O2S. The van der Waals surface area contributed by atoms with E-state index in [1.165, 1.54) is 0 Å². The Hall–Kier alpha value is -3.60. The first-order chi connectivity index (χ1) is 18.9. The van der Waals surface area contributed by atoms with Crippen molar-refractivity contribution in [1.82, 2.24) is 30.2 Å². The van der Waals surface area contributed by atoms with Crippen molar-refractivity contribution in [3.05, 3.63) is 41.7 Å². The van der Waals surface area contributed by atoms with Gasteiger partial charge in [-0.05, 0) is 51.0 Å². The minimum atomic E-state index is 0.134. The topological polar surface area (TPSA) is 118 Å². The summed E-state index contributed by atoms with van der Waals surface area (Å²) in [6.07, 6.45) is 7.18. The molecule has 1 aliphatic rings. The van der Waals surface area contributed by atoms with Crippen LogP contribution in [0.5, 0.6) is 5.88 Å². The maximum Gasteiger partial charge on any atom is 0.245 e.